The lowest BCUT2D eigenvalue weighted by Crippen LogP contribution is -2.38. The minimum Gasteiger partial charge on any atom is -0.495 e. The molecular formula is C25H28N2O5S. The molecule has 3 aromatic rings. The molecule has 3 aromatic carbocycles. The zero-order valence-corrected chi connectivity index (χ0v) is 20.2. The SMILES string of the molecule is COc1ccccc1NC(=O)CN(c1cc(C)cc(C)c1)S(=O)(=O)c1cc(C)ccc1OC. The van der Waals surface area contributed by atoms with Crippen LogP contribution >= 0.6 is 0 Å². The van der Waals surface area contributed by atoms with E-state index in [1.807, 2.05) is 19.9 Å². The molecule has 0 radical (unpaired) electrons. The monoisotopic (exact) mass is 468 g/mol. The van der Waals surface area contributed by atoms with Gasteiger partial charge in [-0.25, -0.2) is 8.42 Å². The third-order valence-corrected chi connectivity index (χ3v) is 6.84. The van der Waals surface area contributed by atoms with Crippen molar-refractivity contribution in [1.82, 2.24) is 0 Å². The lowest BCUT2D eigenvalue weighted by atomic mass is 10.1. The second kappa shape index (κ2) is 9.95. The van der Waals surface area contributed by atoms with Gasteiger partial charge in [0.15, 0.2) is 0 Å². The summed E-state index contributed by atoms with van der Waals surface area (Å²) in [6, 6.07) is 17.3. The molecule has 0 aliphatic rings. The Morgan fingerprint density at radius 1 is 0.848 bits per heavy atom. The predicted octanol–water partition coefficient (Wildman–Crippen LogP) is 4.46. The van der Waals surface area contributed by atoms with Crippen molar-refractivity contribution >= 4 is 27.3 Å². The number of nitrogens with zero attached hydrogens (tertiary/aromatic N) is 1. The number of benzene rings is 3. The summed E-state index contributed by atoms with van der Waals surface area (Å²) in [4.78, 5) is 13.0. The number of hydrogen-bond acceptors (Lipinski definition) is 5. The van der Waals surface area contributed by atoms with Gasteiger partial charge in [-0.15, -0.1) is 0 Å². The third kappa shape index (κ3) is 5.46. The number of anilines is 2. The highest BCUT2D eigenvalue weighted by atomic mass is 32.2. The molecule has 0 spiro atoms. The van der Waals surface area contributed by atoms with Gasteiger partial charge in [-0.1, -0.05) is 24.3 Å². The van der Waals surface area contributed by atoms with Gasteiger partial charge in [-0.3, -0.25) is 9.10 Å². The third-order valence-electron chi connectivity index (χ3n) is 5.05. The molecule has 0 saturated heterocycles. The number of carbonyl (C=O) groups excluding carboxylic acids is 1. The minimum absolute atomic E-state index is 0.00532. The van der Waals surface area contributed by atoms with Gasteiger partial charge in [0.25, 0.3) is 10.0 Å². The van der Waals surface area contributed by atoms with Crippen LogP contribution in [0.1, 0.15) is 16.7 Å². The van der Waals surface area contributed by atoms with Crippen molar-refractivity contribution in [1.29, 1.82) is 0 Å². The van der Waals surface area contributed by atoms with Crippen LogP contribution in [0.5, 0.6) is 11.5 Å². The maximum absolute atomic E-state index is 13.8. The van der Waals surface area contributed by atoms with Gasteiger partial charge in [0.2, 0.25) is 5.91 Å². The van der Waals surface area contributed by atoms with Crippen LogP contribution in [0.25, 0.3) is 0 Å². The molecule has 3 rings (SSSR count). The Balaban J connectivity index is 2.07. The summed E-state index contributed by atoms with van der Waals surface area (Å²) in [5.41, 5.74) is 3.37. The van der Waals surface area contributed by atoms with Gasteiger partial charge < -0.3 is 14.8 Å². The molecular weight excluding hydrogens is 440 g/mol. The molecule has 0 aliphatic carbocycles. The van der Waals surface area contributed by atoms with Gasteiger partial charge in [-0.2, -0.15) is 0 Å². The Kier molecular flexibility index (Phi) is 7.28. The second-order valence-electron chi connectivity index (χ2n) is 7.76. The molecule has 174 valence electrons. The van der Waals surface area contributed by atoms with Crippen LogP contribution in [-0.4, -0.2) is 35.1 Å². The van der Waals surface area contributed by atoms with Crippen LogP contribution in [-0.2, 0) is 14.8 Å². The number of ether oxygens (including phenoxy) is 2. The van der Waals surface area contributed by atoms with Crippen LogP contribution in [0, 0.1) is 20.8 Å². The molecule has 0 saturated carbocycles. The Labute approximate surface area is 195 Å². The van der Waals surface area contributed by atoms with Crippen molar-refractivity contribution in [2.75, 3.05) is 30.4 Å². The molecule has 1 amide bonds. The molecule has 0 aromatic heterocycles. The average Bonchev–Trinajstić information content (AvgIpc) is 2.77. The number of hydrogen-bond donors (Lipinski definition) is 1. The smallest absolute Gasteiger partial charge is 0.268 e. The van der Waals surface area contributed by atoms with E-state index in [-0.39, 0.29) is 10.6 Å². The van der Waals surface area contributed by atoms with Gasteiger partial charge >= 0.3 is 0 Å². The van der Waals surface area contributed by atoms with Crippen molar-refractivity contribution in [3.63, 3.8) is 0 Å². The van der Waals surface area contributed by atoms with Gasteiger partial charge in [0.05, 0.1) is 25.6 Å². The van der Waals surface area contributed by atoms with Crippen molar-refractivity contribution in [2.24, 2.45) is 0 Å². The van der Waals surface area contributed by atoms with E-state index in [2.05, 4.69) is 5.32 Å². The summed E-state index contributed by atoms with van der Waals surface area (Å²) in [7, 11) is -1.22. The number of amides is 1. The van der Waals surface area contributed by atoms with E-state index >= 15 is 0 Å². The molecule has 33 heavy (non-hydrogen) atoms. The quantitative estimate of drug-likeness (QED) is 0.528. The first-order chi connectivity index (χ1) is 15.6. The lowest BCUT2D eigenvalue weighted by molar-refractivity contribution is -0.114. The average molecular weight is 469 g/mol. The highest BCUT2D eigenvalue weighted by Gasteiger charge is 2.30. The molecule has 1 N–H and O–H groups in total. The van der Waals surface area contributed by atoms with Crippen molar-refractivity contribution < 1.29 is 22.7 Å². The standard InChI is InChI=1S/C25H28N2O5S/c1-17-10-11-23(32-5)24(15-17)33(29,30)27(20-13-18(2)12-19(3)14-20)16-25(28)26-21-8-6-7-9-22(21)31-4/h6-15H,16H2,1-5H3,(H,26,28). The van der Waals surface area contributed by atoms with Crippen molar-refractivity contribution in [2.45, 2.75) is 25.7 Å². The first-order valence-corrected chi connectivity index (χ1v) is 11.8. The topological polar surface area (TPSA) is 84.9 Å². The molecule has 0 atom stereocenters. The van der Waals surface area contributed by atoms with E-state index in [0.717, 1.165) is 21.0 Å². The number of sulfonamides is 1. The van der Waals surface area contributed by atoms with Crippen LogP contribution in [0.2, 0.25) is 0 Å². The molecule has 8 heteroatoms. The van der Waals surface area contributed by atoms with Crippen LogP contribution in [0.15, 0.2) is 65.6 Å². The van der Waals surface area contributed by atoms with E-state index in [0.29, 0.717) is 17.1 Å². The fraction of sp³-hybridized carbons (Fsp3) is 0.240. The summed E-state index contributed by atoms with van der Waals surface area (Å²) in [6.07, 6.45) is 0. The van der Waals surface area contributed by atoms with Gasteiger partial charge in [0.1, 0.15) is 22.9 Å². The minimum atomic E-state index is -4.14. The zero-order chi connectivity index (χ0) is 24.2. The normalized spacial score (nSPS) is 11.1. The Hall–Kier alpha value is -3.52. The molecule has 0 unspecified atom stereocenters. The number of methoxy groups -OCH3 is 2. The number of aryl methyl sites for hydroxylation is 3. The predicted molar refractivity (Wildman–Crippen MR) is 130 cm³/mol. The molecule has 0 aliphatic heterocycles. The number of para-hydroxylation sites is 2. The van der Waals surface area contributed by atoms with E-state index in [1.54, 1.807) is 61.5 Å². The maximum Gasteiger partial charge on any atom is 0.268 e. The summed E-state index contributed by atoms with van der Waals surface area (Å²) in [6.45, 7) is 5.13. The van der Waals surface area contributed by atoms with Crippen LogP contribution < -0.4 is 19.1 Å². The van der Waals surface area contributed by atoms with Crippen LogP contribution in [0.3, 0.4) is 0 Å². The molecule has 0 fully saturated rings. The maximum atomic E-state index is 13.8. The second-order valence-corrected chi connectivity index (χ2v) is 9.59. The molecule has 7 nitrogen and oxygen atoms in total. The van der Waals surface area contributed by atoms with Gasteiger partial charge in [-0.05, 0) is 73.9 Å². The molecule has 0 bridgehead atoms. The van der Waals surface area contributed by atoms with Crippen molar-refractivity contribution in [3.8, 4) is 11.5 Å². The summed E-state index contributed by atoms with van der Waals surface area (Å²) < 4.78 is 39.4. The Morgan fingerprint density at radius 3 is 2.12 bits per heavy atom. The first kappa shape index (κ1) is 24.1. The fourth-order valence-electron chi connectivity index (χ4n) is 3.58. The van der Waals surface area contributed by atoms with E-state index in [4.69, 9.17) is 9.47 Å². The largest absolute Gasteiger partial charge is 0.495 e. The van der Waals surface area contributed by atoms with E-state index < -0.39 is 22.5 Å². The van der Waals surface area contributed by atoms with Crippen LogP contribution in [0.4, 0.5) is 11.4 Å². The number of nitrogens with one attached hydrogen (secondary N) is 1. The fourth-order valence-corrected chi connectivity index (χ4v) is 5.23. The summed E-state index contributed by atoms with van der Waals surface area (Å²) >= 11 is 0. The Bertz CT molecular complexity index is 1250. The highest BCUT2D eigenvalue weighted by molar-refractivity contribution is 7.93. The van der Waals surface area contributed by atoms with Gasteiger partial charge in [0, 0.05) is 0 Å². The number of rotatable bonds is 8. The highest BCUT2D eigenvalue weighted by Crippen LogP contribution is 2.32. The van der Waals surface area contributed by atoms with Crippen molar-refractivity contribution in [3.05, 3.63) is 77.4 Å². The summed E-state index contributed by atoms with van der Waals surface area (Å²) in [5.74, 6) is 0.181. The molecule has 0 heterocycles. The summed E-state index contributed by atoms with van der Waals surface area (Å²) in [5, 5.41) is 2.75. The number of carbonyl (C=O) groups is 1. The zero-order valence-electron chi connectivity index (χ0n) is 19.4. The van der Waals surface area contributed by atoms with E-state index in [9.17, 15) is 13.2 Å². The van der Waals surface area contributed by atoms with E-state index in [1.165, 1.54) is 14.2 Å². The first-order valence-electron chi connectivity index (χ1n) is 10.3. The lowest BCUT2D eigenvalue weighted by Gasteiger charge is -2.26. The Morgan fingerprint density at radius 2 is 1.48 bits per heavy atom.